The second-order valence-electron chi connectivity index (χ2n) is 4.85. The lowest BCUT2D eigenvalue weighted by molar-refractivity contribution is 0.0697. The molecule has 1 aliphatic rings. The Labute approximate surface area is 122 Å². The minimum absolute atomic E-state index is 0.166. The Morgan fingerprint density at radius 2 is 2.20 bits per heavy atom. The minimum Gasteiger partial charge on any atom is -0.478 e. The molecular weight excluding hydrogens is 276 g/mol. The number of amides is 2. The van der Waals surface area contributed by atoms with Crippen LogP contribution in [0.15, 0.2) is 18.2 Å². The van der Waals surface area contributed by atoms with Crippen molar-refractivity contribution < 1.29 is 14.7 Å². The number of benzene rings is 1. The lowest BCUT2D eigenvalue weighted by atomic mass is 10.1. The van der Waals surface area contributed by atoms with Crippen LogP contribution in [-0.2, 0) is 0 Å². The molecule has 0 radical (unpaired) electrons. The topological polar surface area (TPSA) is 78.4 Å². The Kier molecular flexibility index (Phi) is 4.89. The van der Waals surface area contributed by atoms with Gasteiger partial charge in [-0.15, -0.1) is 0 Å². The molecule has 2 amide bonds. The first-order valence-corrected chi connectivity index (χ1v) is 7.71. The molecule has 0 saturated carbocycles. The van der Waals surface area contributed by atoms with E-state index in [-0.39, 0.29) is 17.6 Å². The molecule has 0 aliphatic carbocycles. The molecule has 1 saturated heterocycles. The maximum atomic E-state index is 11.9. The summed E-state index contributed by atoms with van der Waals surface area (Å²) < 4.78 is 0. The van der Waals surface area contributed by atoms with E-state index in [9.17, 15) is 9.59 Å². The van der Waals surface area contributed by atoms with Crippen LogP contribution in [0.1, 0.15) is 28.8 Å². The summed E-state index contributed by atoms with van der Waals surface area (Å²) >= 11 is 1.84. The van der Waals surface area contributed by atoms with Crippen LogP contribution < -0.4 is 10.6 Å². The van der Waals surface area contributed by atoms with Crippen LogP contribution in [0, 0.1) is 6.92 Å². The fraction of sp³-hybridized carbons (Fsp3) is 0.429. The second kappa shape index (κ2) is 6.65. The van der Waals surface area contributed by atoms with Gasteiger partial charge in [0.05, 0.1) is 5.56 Å². The van der Waals surface area contributed by atoms with Crippen molar-refractivity contribution in [3.63, 3.8) is 0 Å². The molecule has 1 aliphatic heterocycles. The van der Waals surface area contributed by atoms with E-state index in [2.05, 4.69) is 10.6 Å². The predicted molar refractivity (Wildman–Crippen MR) is 80.6 cm³/mol. The summed E-state index contributed by atoms with van der Waals surface area (Å²) in [4.78, 5) is 22.9. The minimum atomic E-state index is -1.00. The van der Waals surface area contributed by atoms with Crippen molar-refractivity contribution in [2.75, 3.05) is 16.8 Å². The molecule has 3 N–H and O–H groups in total. The highest BCUT2D eigenvalue weighted by atomic mass is 32.2. The van der Waals surface area contributed by atoms with Gasteiger partial charge in [0, 0.05) is 17.5 Å². The van der Waals surface area contributed by atoms with Gasteiger partial charge in [-0.05, 0) is 43.2 Å². The summed E-state index contributed by atoms with van der Waals surface area (Å²) in [7, 11) is 0. The van der Waals surface area contributed by atoms with Gasteiger partial charge in [-0.2, -0.15) is 11.8 Å². The summed E-state index contributed by atoms with van der Waals surface area (Å²) in [6.45, 7) is 1.83. The fourth-order valence-electron chi connectivity index (χ4n) is 2.09. The molecule has 6 heteroatoms. The van der Waals surface area contributed by atoms with E-state index in [4.69, 9.17) is 5.11 Å². The Balaban J connectivity index is 1.99. The maximum Gasteiger partial charge on any atom is 0.335 e. The Hall–Kier alpha value is -1.69. The SMILES string of the molecule is Cc1ccc(C(=O)O)cc1NC(=O)NC1CCCSC1. The van der Waals surface area contributed by atoms with Crippen LogP contribution in [-0.4, -0.2) is 34.7 Å². The first-order chi connectivity index (χ1) is 9.56. The molecule has 1 atom stereocenters. The summed E-state index contributed by atoms with van der Waals surface area (Å²) in [6.07, 6.45) is 2.11. The number of carboxylic acids is 1. The number of hydrogen-bond donors (Lipinski definition) is 3. The zero-order valence-corrected chi connectivity index (χ0v) is 12.1. The molecule has 0 aromatic heterocycles. The largest absolute Gasteiger partial charge is 0.478 e. The van der Waals surface area contributed by atoms with Crippen molar-refractivity contribution >= 4 is 29.4 Å². The molecule has 1 unspecified atom stereocenters. The zero-order valence-electron chi connectivity index (χ0n) is 11.3. The van der Waals surface area contributed by atoms with Gasteiger partial charge in [0.25, 0.3) is 0 Å². The van der Waals surface area contributed by atoms with Gasteiger partial charge >= 0.3 is 12.0 Å². The highest BCUT2D eigenvalue weighted by Crippen LogP contribution is 2.19. The van der Waals surface area contributed by atoms with Gasteiger partial charge in [0.2, 0.25) is 0 Å². The van der Waals surface area contributed by atoms with E-state index in [1.807, 2.05) is 18.7 Å². The van der Waals surface area contributed by atoms with E-state index in [0.29, 0.717) is 5.69 Å². The quantitative estimate of drug-likeness (QED) is 0.801. The molecule has 108 valence electrons. The number of nitrogens with one attached hydrogen (secondary N) is 2. The monoisotopic (exact) mass is 294 g/mol. The number of hydrogen-bond acceptors (Lipinski definition) is 3. The van der Waals surface area contributed by atoms with Gasteiger partial charge in [-0.3, -0.25) is 0 Å². The summed E-state index contributed by atoms with van der Waals surface area (Å²) in [5, 5.41) is 14.6. The molecule has 0 spiro atoms. The second-order valence-corrected chi connectivity index (χ2v) is 6.00. The van der Waals surface area contributed by atoms with Gasteiger partial charge in [-0.1, -0.05) is 6.07 Å². The van der Waals surface area contributed by atoms with Crippen molar-refractivity contribution in [3.05, 3.63) is 29.3 Å². The number of aryl methyl sites for hydroxylation is 1. The zero-order chi connectivity index (χ0) is 14.5. The lowest BCUT2D eigenvalue weighted by Crippen LogP contribution is -2.41. The van der Waals surface area contributed by atoms with Gasteiger partial charge in [-0.25, -0.2) is 9.59 Å². The number of carboxylic acid groups (broad SMARTS) is 1. The van der Waals surface area contributed by atoms with E-state index in [1.165, 1.54) is 12.1 Å². The smallest absolute Gasteiger partial charge is 0.335 e. The van der Waals surface area contributed by atoms with Crippen molar-refractivity contribution in [2.24, 2.45) is 0 Å². The third kappa shape index (κ3) is 3.90. The Morgan fingerprint density at radius 3 is 2.85 bits per heavy atom. The molecule has 1 fully saturated rings. The fourth-order valence-corrected chi connectivity index (χ4v) is 3.16. The number of anilines is 1. The summed E-state index contributed by atoms with van der Waals surface area (Å²) in [6, 6.07) is 4.61. The molecule has 5 nitrogen and oxygen atoms in total. The van der Waals surface area contributed by atoms with E-state index in [1.54, 1.807) is 6.07 Å². The van der Waals surface area contributed by atoms with E-state index >= 15 is 0 Å². The van der Waals surface area contributed by atoms with E-state index < -0.39 is 5.97 Å². The van der Waals surface area contributed by atoms with Crippen molar-refractivity contribution in [1.29, 1.82) is 0 Å². The van der Waals surface area contributed by atoms with Gasteiger partial charge in [0.1, 0.15) is 0 Å². The van der Waals surface area contributed by atoms with Crippen molar-refractivity contribution in [1.82, 2.24) is 5.32 Å². The van der Waals surface area contributed by atoms with Crippen LogP contribution in [0.4, 0.5) is 10.5 Å². The molecule has 1 heterocycles. The molecular formula is C14H18N2O3S. The Morgan fingerprint density at radius 1 is 1.40 bits per heavy atom. The molecule has 20 heavy (non-hydrogen) atoms. The molecule has 2 rings (SSSR count). The highest BCUT2D eigenvalue weighted by Gasteiger charge is 2.16. The standard InChI is InChI=1S/C14H18N2O3S/c1-9-4-5-10(13(17)18)7-12(9)16-14(19)15-11-3-2-6-20-8-11/h4-5,7,11H,2-3,6,8H2,1H3,(H,17,18)(H2,15,16,19). The Bertz CT molecular complexity index is 513. The van der Waals surface area contributed by atoms with Crippen LogP contribution in [0.2, 0.25) is 0 Å². The highest BCUT2D eigenvalue weighted by molar-refractivity contribution is 7.99. The number of urea groups is 1. The van der Waals surface area contributed by atoms with Gasteiger partial charge < -0.3 is 15.7 Å². The first-order valence-electron chi connectivity index (χ1n) is 6.55. The summed E-state index contributed by atoms with van der Waals surface area (Å²) in [5.74, 6) is 1.08. The van der Waals surface area contributed by atoms with Gasteiger partial charge in [0.15, 0.2) is 0 Å². The number of thioether (sulfide) groups is 1. The van der Waals surface area contributed by atoms with Crippen molar-refractivity contribution in [3.8, 4) is 0 Å². The van der Waals surface area contributed by atoms with E-state index in [0.717, 1.165) is 29.9 Å². The third-order valence-electron chi connectivity index (χ3n) is 3.23. The normalized spacial score (nSPS) is 18.4. The van der Waals surface area contributed by atoms with Crippen LogP contribution in [0.3, 0.4) is 0 Å². The molecule has 1 aromatic rings. The number of carbonyl (C=O) groups is 2. The van der Waals surface area contributed by atoms with Crippen LogP contribution in [0.5, 0.6) is 0 Å². The van der Waals surface area contributed by atoms with Crippen LogP contribution in [0.25, 0.3) is 0 Å². The first kappa shape index (κ1) is 14.7. The molecule has 1 aromatic carbocycles. The number of aromatic carboxylic acids is 1. The summed E-state index contributed by atoms with van der Waals surface area (Å²) in [5.41, 5.74) is 1.54. The average molecular weight is 294 g/mol. The third-order valence-corrected chi connectivity index (χ3v) is 4.44. The average Bonchev–Trinajstić information content (AvgIpc) is 2.42. The number of rotatable bonds is 3. The lowest BCUT2D eigenvalue weighted by Gasteiger charge is -2.22. The maximum absolute atomic E-state index is 11.9. The number of carbonyl (C=O) groups excluding carboxylic acids is 1. The van der Waals surface area contributed by atoms with Crippen LogP contribution >= 0.6 is 11.8 Å². The predicted octanol–water partition coefficient (Wildman–Crippen LogP) is 2.71. The molecule has 0 bridgehead atoms. The van der Waals surface area contributed by atoms with Crippen molar-refractivity contribution in [2.45, 2.75) is 25.8 Å².